The molecule has 0 saturated heterocycles. The van der Waals surface area contributed by atoms with Crippen LogP contribution in [-0.4, -0.2) is 35.1 Å². The SMILES string of the molecule is CC(=O)NCC(O)C(O)c1ccccc1OC(F)(F)F. The fourth-order valence-corrected chi connectivity index (χ4v) is 1.51. The minimum atomic E-state index is -4.90. The first-order valence-electron chi connectivity index (χ1n) is 5.66. The second kappa shape index (κ2) is 6.58. The first-order valence-corrected chi connectivity index (χ1v) is 5.66. The number of carbonyl (C=O) groups excluding carboxylic acids is 1. The van der Waals surface area contributed by atoms with Gasteiger partial charge in [0.05, 0.1) is 0 Å². The fourth-order valence-electron chi connectivity index (χ4n) is 1.51. The van der Waals surface area contributed by atoms with E-state index in [9.17, 15) is 28.2 Å². The lowest BCUT2D eigenvalue weighted by Crippen LogP contribution is -2.34. The summed E-state index contributed by atoms with van der Waals surface area (Å²) in [5.74, 6) is -1.04. The molecule has 0 fully saturated rings. The summed E-state index contributed by atoms with van der Waals surface area (Å²) in [6.45, 7) is 0.913. The predicted octanol–water partition coefficient (Wildman–Crippen LogP) is 1.12. The maximum Gasteiger partial charge on any atom is 0.573 e. The molecular formula is C12H14F3NO4. The summed E-state index contributed by atoms with van der Waals surface area (Å²) in [4.78, 5) is 10.7. The second-order valence-corrected chi connectivity index (χ2v) is 4.03. The van der Waals surface area contributed by atoms with Gasteiger partial charge in [0, 0.05) is 19.0 Å². The van der Waals surface area contributed by atoms with E-state index in [-0.39, 0.29) is 12.1 Å². The quantitative estimate of drug-likeness (QED) is 0.760. The van der Waals surface area contributed by atoms with Crippen molar-refractivity contribution in [3.05, 3.63) is 29.8 Å². The number of carbonyl (C=O) groups is 1. The summed E-state index contributed by atoms with van der Waals surface area (Å²) < 4.78 is 40.4. The summed E-state index contributed by atoms with van der Waals surface area (Å²) in [7, 11) is 0. The van der Waals surface area contributed by atoms with Gasteiger partial charge in [-0.25, -0.2) is 0 Å². The summed E-state index contributed by atoms with van der Waals surface area (Å²) in [6.07, 6.45) is -7.99. The number of halogens is 3. The van der Waals surface area contributed by atoms with E-state index in [1.54, 1.807) is 0 Å². The van der Waals surface area contributed by atoms with E-state index in [0.29, 0.717) is 0 Å². The van der Waals surface area contributed by atoms with Crippen LogP contribution in [0.15, 0.2) is 24.3 Å². The first-order chi connectivity index (χ1) is 9.20. The number of aliphatic hydroxyl groups is 2. The van der Waals surface area contributed by atoms with Gasteiger partial charge >= 0.3 is 6.36 Å². The Balaban J connectivity index is 2.86. The largest absolute Gasteiger partial charge is 0.573 e. The van der Waals surface area contributed by atoms with Gasteiger partial charge in [-0.2, -0.15) is 0 Å². The van der Waals surface area contributed by atoms with Crippen molar-refractivity contribution in [1.82, 2.24) is 5.32 Å². The molecule has 0 bridgehead atoms. The van der Waals surface area contributed by atoms with Gasteiger partial charge in [-0.15, -0.1) is 13.2 Å². The summed E-state index contributed by atoms with van der Waals surface area (Å²) >= 11 is 0. The Hall–Kier alpha value is -1.80. The lowest BCUT2D eigenvalue weighted by Gasteiger charge is -2.21. The number of benzene rings is 1. The number of alkyl halides is 3. The molecule has 3 N–H and O–H groups in total. The molecule has 5 nitrogen and oxygen atoms in total. The third kappa shape index (κ3) is 5.06. The van der Waals surface area contributed by atoms with Crippen molar-refractivity contribution in [3.8, 4) is 5.75 Å². The van der Waals surface area contributed by atoms with Crippen LogP contribution < -0.4 is 10.1 Å². The van der Waals surface area contributed by atoms with E-state index in [0.717, 1.165) is 6.07 Å². The summed E-state index contributed by atoms with van der Waals surface area (Å²) in [6, 6.07) is 4.92. The Morgan fingerprint density at radius 2 is 1.95 bits per heavy atom. The van der Waals surface area contributed by atoms with Crippen LogP contribution in [-0.2, 0) is 4.79 Å². The Morgan fingerprint density at radius 3 is 2.50 bits per heavy atom. The van der Waals surface area contributed by atoms with Crippen molar-refractivity contribution in [3.63, 3.8) is 0 Å². The second-order valence-electron chi connectivity index (χ2n) is 4.03. The molecule has 20 heavy (non-hydrogen) atoms. The molecule has 0 heterocycles. The normalized spacial score (nSPS) is 14.5. The third-order valence-corrected chi connectivity index (χ3v) is 2.39. The molecule has 2 unspecified atom stereocenters. The van der Waals surface area contributed by atoms with Crippen LogP contribution >= 0.6 is 0 Å². The molecule has 1 aromatic carbocycles. The monoisotopic (exact) mass is 293 g/mol. The predicted molar refractivity (Wildman–Crippen MR) is 62.8 cm³/mol. The topological polar surface area (TPSA) is 78.8 Å². The van der Waals surface area contributed by atoms with Crippen molar-refractivity contribution >= 4 is 5.91 Å². The van der Waals surface area contributed by atoms with Crippen molar-refractivity contribution in [1.29, 1.82) is 0 Å². The number of ether oxygens (including phenoxy) is 1. The molecule has 0 spiro atoms. The van der Waals surface area contributed by atoms with Crippen molar-refractivity contribution < 1.29 is 32.9 Å². The Morgan fingerprint density at radius 1 is 1.35 bits per heavy atom. The van der Waals surface area contributed by atoms with Crippen LogP contribution in [0.2, 0.25) is 0 Å². The van der Waals surface area contributed by atoms with E-state index in [4.69, 9.17) is 0 Å². The molecule has 2 atom stereocenters. The van der Waals surface area contributed by atoms with Gasteiger partial charge < -0.3 is 20.3 Å². The first kappa shape index (κ1) is 16.3. The highest BCUT2D eigenvalue weighted by atomic mass is 19.4. The Bertz CT molecular complexity index is 464. The molecule has 0 radical (unpaired) electrons. The summed E-state index contributed by atoms with van der Waals surface area (Å²) in [5, 5.41) is 21.7. The fraction of sp³-hybridized carbons (Fsp3) is 0.417. The van der Waals surface area contributed by atoms with E-state index >= 15 is 0 Å². The molecule has 8 heteroatoms. The number of aliphatic hydroxyl groups excluding tert-OH is 2. The van der Waals surface area contributed by atoms with Crippen molar-refractivity contribution in [2.45, 2.75) is 25.5 Å². The molecular weight excluding hydrogens is 279 g/mol. The third-order valence-electron chi connectivity index (χ3n) is 2.39. The maximum absolute atomic E-state index is 12.2. The molecule has 0 aliphatic heterocycles. The molecule has 1 amide bonds. The summed E-state index contributed by atoms with van der Waals surface area (Å²) in [5.41, 5.74) is -0.220. The average Bonchev–Trinajstić information content (AvgIpc) is 2.33. The van der Waals surface area contributed by atoms with Gasteiger partial charge in [0.1, 0.15) is 18.0 Å². The van der Waals surface area contributed by atoms with Gasteiger partial charge in [0.15, 0.2) is 0 Å². The lowest BCUT2D eigenvalue weighted by molar-refractivity contribution is -0.275. The molecule has 1 rings (SSSR count). The average molecular weight is 293 g/mol. The van der Waals surface area contributed by atoms with Gasteiger partial charge in [0.2, 0.25) is 5.91 Å². The van der Waals surface area contributed by atoms with Gasteiger partial charge in [-0.3, -0.25) is 4.79 Å². The molecule has 0 aliphatic carbocycles. The van der Waals surface area contributed by atoms with Crippen LogP contribution in [0, 0.1) is 0 Å². The van der Waals surface area contributed by atoms with Crippen LogP contribution in [0.25, 0.3) is 0 Å². The highest BCUT2D eigenvalue weighted by Crippen LogP contribution is 2.31. The molecule has 0 aliphatic rings. The van der Waals surface area contributed by atoms with Crippen molar-refractivity contribution in [2.75, 3.05) is 6.54 Å². The number of para-hydroxylation sites is 1. The van der Waals surface area contributed by atoms with E-state index in [1.165, 1.54) is 25.1 Å². The standard InChI is InChI=1S/C12H14F3NO4/c1-7(17)16-6-9(18)11(19)8-4-2-3-5-10(8)20-12(13,14)15/h2-5,9,11,18-19H,6H2,1H3,(H,16,17). The zero-order valence-electron chi connectivity index (χ0n) is 10.5. The smallest absolute Gasteiger partial charge is 0.405 e. The molecule has 1 aromatic rings. The number of hydrogen-bond acceptors (Lipinski definition) is 4. The molecule has 0 aromatic heterocycles. The van der Waals surface area contributed by atoms with E-state index < -0.39 is 30.2 Å². The van der Waals surface area contributed by atoms with Gasteiger partial charge in [0.25, 0.3) is 0 Å². The van der Waals surface area contributed by atoms with Crippen molar-refractivity contribution in [2.24, 2.45) is 0 Å². The van der Waals surface area contributed by atoms with Gasteiger partial charge in [-0.1, -0.05) is 18.2 Å². The van der Waals surface area contributed by atoms with Crippen LogP contribution in [0.3, 0.4) is 0 Å². The minimum Gasteiger partial charge on any atom is -0.405 e. The zero-order valence-corrected chi connectivity index (χ0v) is 10.5. The van der Waals surface area contributed by atoms with Crippen LogP contribution in [0.5, 0.6) is 5.75 Å². The number of hydrogen-bond donors (Lipinski definition) is 3. The molecule has 112 valence electrons. The van der Waals surface area contributed by atoms with Crippen LogP contribution in [0.4, 0.5) is 13.2 Å². The zero-order chi connectivity index (χ0) is 15.3. The Labute approximate surface area is 113 Å². The highest BCUT2D eigenvalue weighted by molar-refractivity contribution is 5.72. The number of nitrogens with one attached hydrogen (secondary N) is 1. The number of rotatable bonds is 5. The van der Waals surface area contributed by atoms with Crippen LogP contribution in [0.1, 0.15) is 18.6 Å². The van der Waals surface area contributed by atoms with E-state index in [2.05, 4.69) is 10.1 Å². The molecule has 0 saturated carbocycles. The minimum absolute atomic E-state index is 0.220. The lowest BCUT2D eigenvalue weighted by atomic mass is 10.0. The Kier molecular flexibility index (Phi) is 5.34. The van der Waals surface area contributed by atoms with E-state index in [1.807, 2.05) is 0 Å². The number of amides is 1. The maximum atomic E-state index is 12.2. The highest BCUT2D eigenvalue weighted by Gasteiger charge is 2.33. The van der Waals surface area contributed by atoms with Gasteiger partial charge in [-0.05, 0) is 6.07 Å².